The summed E-state index contributed by atoms with van der Waals surface area (Å²) in [4.78, 5) is 19.6. The van der Waals surface area contributed by atoms with E-state index in [1.165, 1.54) is 13.2 Å². The van der Waals surface area contributed by atoms with E-state index in [0.717, 1.165) is 12.0 Å². The fourth-order valence-electron chi connectivity index (χ4n) is 2.37. The zero-order chi connectivity index (χ0) is 15.7. The van der Waals surface area contributed by atoms with E-state index < -0.39 is 0 Å². The average molecular weight is 296 g/mol. The van der Waals surface area contributed by atoms with Gasteiger partial charge in [-0.25, -0.2) is 4.98 Å². The molecule has 0 amide bonds. The van der Waals surface area contributed by atoms with E-state index in [1.54, 1.807) is 12.1 Å². The molecule has 5 nitrogen and oxygen atoms in total. The van der Waals surface area contributed by atoms with Crippen molar-refractivity contribution < 1.29 is 9.84 Å². The van der Waals surface area contributed by atoms with Gasteiger partial charge in [-0.3, -0.25) is 4.79 Å². The fourth-order valence-corrected chi connectivity index (χ4v) is 2.37. The van der Waals surface area contributed by atoms with Crippen molar-refractivity contribution in [1.82, 2.24) is 9.97 Å². The first-order chi connectivity index (χ1) is 10.6. The molecule has 1 heterocycles. The molecule has 0 unspecified atom stereocenters. The molecule has 22 heavy (non-hydrogen) atoms. The Morgan fingerprint density at radius 3 is 2.77 bits per heavy atom. The first kappa shape index (κ1) is 14.1. The van der Waals surface area contributed by atoms with E-state index in [0.29, 0.717) is 28.0 Å². The number of ether oxygens (including phenoxy) is 1. The molecule has 0 atom stereocenters. The molecule has 1 aromatic heterocycles. The van der Waals surface area contributed by atoms with Crippen molar-refractivity contribution in [3.05, 3.63) is 52.3 Å². The average Bonchev–Trinajstić information content (AvgIpc) is 2.55. The van der Waals surface area contributed by atoms with Crippen LogP contribution in [0.4, 0.5) is 0 Å². The lowest BCUT2D eigenvalue weighted by Gasteiger charge is -2.07. The molecular weight excluding hydrogens is 280 g/mol. The van der Waals surface area contributed by atoms with Crippen LogP contribution < -0.4 is 10.3 Å². The Kier molecular flexibility index (Phi) is 3.55. The molecule has 0 fully saturated rings. The Morgan fingerprint density at radius 2 is 2.05 bits per heavy atom. The van der Waals surface area contributed by atoms with Gasteiger partial charge in [-0.05, 0) is 42.3 Å². The summed E-state index contributed by atoms with van der Waals surface area (Å²) in [5, 5.41) is 10.2. The number of aryl methyl sites for hydroxylation is 1. The van der Waals surface area contributed by atoms with Crippen LogP contribution in [0.15, 0.2) is 41.2 Å². The van der Waals surface area contributed by atoms with Gasteiger partial charge in [0.2, 0.25) is 0 Å². The van der Waals surface area contributed by atoms with Crippen LogP contribution in [0.2, 0.25) is 0 Å². The summed E-state index contributed by atoms with van der Waals surface area (Å²) in [6.45, 7) is 2.04. The third-order valence-electron chi connectivity index (χ3n) is 3.63. The van der Waals surface area contributed by atoms with Crippen LogP contribution in [0.1, 0.15) is 12.5 Å². The Labute approximate surface area is 127 Å². The van der Waals surface area contributed by atoms with Crippen molar-refractivity contribution in [3.63, 3.8) is 0 Å². The Morgan fingerprint density at radius 1 is 1.23 bits per heavy atom. The van der Waals surface area contributed by atoms with Crippen LogP contribution in [0.25, 0.3) is 22.3 Å². The number of H-pyrrole nitrogens is 1. The van der Waals surface area contributed by atoms with Crippen LogP contribution in [0, 0.1) is 0 Å². The minimum absolute atomic E-state index is 0.0435. The molecule has 112 valence electrons. The maximum Gasteiger partial charge on any atom is 0.259 e. The van der Waals surface area contributed by atoms with Crippen molar-refractivity contribution in [2.45, 2.75) is 13.3 Å². The van der Waals surface area contributed by atoms with Crippen LogP contribution in [-0.4, -0.2) is 22.2 Å². The number of aromatic hydroxyl groups is 1. The minimum atomic E-state index is -0.178. The fraction of sp³-hybridized carbons (Fsp3) is 0.176. The number of hydrogen-bond donors (Lipinski definition) is 2. The number of aromatic nitrogens is 2. The summed E-state index contributed by atoms with van der Waals surface area (Å²) in [6.07, 6.45) is 0.867. The number of methoxy groups -OCH3 is 1. The predicted molar refractivity (Wildman–Crippen MR) is 85.4 cm³/mol. The van der Waals surface area contributed by atoms with E-state index in [4.69, 9.17) is 4.74 Å². The number of hydrogen-bond acceptors (Lipinski definition) is 4. The third-order valence-corrected chi connectivity index (χ3v) is 3.63. The lowest BCUT2D eigenvalue weighted by atomic mass is 10.1. The topological polar surface area (TPSA) is 75.2 Å². The normalized spacial score (nSPS) is 10.8. The Hall–Kier alpha value is -2.82. The molecule has 0 aliphatic heterocycles. The Bertz CT molecular complexity index is 900. The van der Waals surface area contributed by atoms with Crippen molar-refractivity contribution >= 4 is 10.9 Å². The van der Waals surface area contributed by atoms with Crippen molar-refractivity contribution in [1.29, 1.82) is 0 Å². The number of rotatable bonds is 3. The number of fused-ring (bicyclic) bond motifs is 1. The second-order valence-electron chi connectivity index (χ2n) is 5.01. The zero-order valence-electron chi connectivity index (χ0n) is 12.4. The summed E-state index contributed by atoms with van der Waals surface area (Å²) < 4.78 is 5.09. The number of phenols is 1. The maximum absolute atomic E-state index is 12.3. The first-order valence-electron chi connectivity index (χ1n) is 7.02. The van der Waals surface area contributed by atoms with Crippen LogP contribution in [0.5, 0.6) is 11.5 Å². The van der Waals surface area contributed by atoms with Gasteiger partial charge in [-0.1, -0.05) is 13.0 Å². The number of nitrogens with zero attached hydrogens (tertiary/aromatic N) is 1. The van der Waals surface area contributed by atoms with E-state index in [9.17, 15) is 9.90 Å². The van der Waals surface area contributed by atoms with Gasteiger partial charge < -0.3 is 14.8 Å². The lowest BCUT2D eigenvalue weighted by Crippen LogP contribution is -2.10. The minimum Gasteiger partial charge on any atom is -0.504 e. The van der Waals surface area contributed by atoms with Gasteiger partial charge in [0.25, 0.3) is 5.56 Å². The summed E-state index contributed by atoms with van der Waals surface area (Å²) in [7, 11) is 1.47. The molecular formula is C17H16N2O3. The van der Waals surface area contributed by atoms with Crippen LogP contribution in [-0.2, 0) is 6.42 Å². The third kappa shape index (κ3) is 2.41. The molecule has 0 saturated heterocycles. The molecule has 0 aliphatic rings. The van der Waals surface area contributed by atoms with E-state index in [1.807, 2.05) is 25.1 Å². The second-order valence-corrected chi connectivity index (χ2v) is 5.01. The van der Waals surface area contributed by atoms with Gasteiger partial charge in [-0.15, -0.1) is 0 Å². The summed E-state index contributed by atoms with van der Waals surface area (Å²) in [6, 6.07) is 10.5. The number of benzene rings is 2. The molecule has 0 aliphatic carbocycles. The van der Waals surface area contributed by atoms with Gasteiger partial charge >= 0.3 is 0 Å². The van der Waals surface area contributed by atoms with Crippen molar-refractivity contribution in [3.8, 4) is 22.9 Å². The monoisotopic (exact) mass is 296 g/mol. The lowest BCUT2D eigenvalue weighted by molar-refractivity contribution is 0.373. The molecule has 0 bridgehead atoms. The summed E-state index contributed by atoms with van der Waals surface area (Å²) in [5.74, 6) is 0.823. The molecule has 2 aromatic carbocycles. The highest BCUT2D eigenvalue weighted by Gasteiger charge is 2.09. The standard InChI is InChI=1S/C17H16N2O3/c1-3-10-4-6-13-12(8-10)17(21)19-16(18-13)11-5-7-14(20)15(9-11)22-2/h4-9,20H,3H2,1-2H3,(H,18,19,21). The second kappa shape index (κ2) is 5.52. The van der Waals surface area contributed by atoms with Gasteiger partial charge in [0, 0.05) is 5.56 Å². The smallest absolute Gasteiger partial charge is 0.259 e. The zero-order valence-corrected chi connectivity index (χ0v) is 12.4. The molecule has 3 aromatic rings. The van der Waals surface area contributed by atoms with Crippen molar-refractivity contribution in [2.75, 3.05) is 7.11 Å². The van der Waals surface area contributed by atoms with Gasteiger partial charge in [-0.2, -0.15) is 0 Å². The molecule has 3 rings (SSSR count). The highest BCUT2D eigenvalue weighted by molar-refractivity contribution is 5.80. The molecule has 0 saturated carbocycles. The van der Waals surface area contributed by atoms with E-state index >= 15 is 0 Å². The van der Waals surface area contributed by atoms with Crippen molar-refractivity contribution in [2.24, 2.45) is 0 Å². The Balaban J connectivity index is 2.18. The largest absolute Gasteiger partial charge is 0.504 e. The summed E-state index contributed by atoms with van der Waals surface area (Å²) >= 11 is 0. The number of aromatic amines is 1. The molecule has 0 radical (unpaired) electrons. The maximum atomic E-state index is 12.3. The molecule has 0 spiro atoms. The SMILES string of the molecule is CCc1ccc2nc(-c3ccc(O)c(OC)c3)[nH]c(=O)c2c1. The highest BCUT2D eigenvalue weighted by atomic mass is 16.5. The molecule has 2 N–H and O–H groups in total. The van der Waals surface area contributed by atoms with E-state index in [2.05, 4.69) is 9.97 Å². The summed E-state index contributed by atoms with van der Waals surface area (Å²) in [5.41, 5.74) is 2.23. The van der Waals surface area contributed by atoms with Crippen LogP contribution >= 0.6 is 0 Å². The quantitative estimate of drug-likeness (QED) is 0.779. The van der Waals surface area contributed by atoms with E-state index in [-0.39, 0.29) is 11.3 Å². The first-order valence-corrected chi connectivity index (χ1v) is 7.02. The van der Waals surface area contributed by atoms with Gasteiger partial charge in [0.15, 0.2) is 11.5 Å². The predicted octanol–water partition coefficient (Wildman–Crippen LogP) is 2.87. The van der Waals surface area contributed by atoms with Gasteiger partial charge in [0.05, 0.1) is 18.0 Å². The number of phenolic OH excluding ortho intramolecular Hbond substituents is 1. The number of nitrogens with one attached hydrogen (secondary N) is 1. The highest BCUT2D eigenvalue weighted by Crippen LogP contribution is 2.30. The van der Waals surface area contributed by atoms with Gasteiger partial charge in [0.1, 0.15) is 5.82 Å². The van der Waals surface area contributed by atoms with Crippen LogP contribution in [0.3, 0.4) is 0 Å². The molecule has 5 heteroatoms.